The van der Waals surface area contributed by atoms with Gasteiger partial charge in [0.15, 0.2) is 5.82 Å². The number of pyridine rings is 1. The van der Waals surface area contributed by atoms with E-state index in [1.54, 1.807) is 23.1 Å². The van der Waals surface area contributed by atoms with Crippen molar-refractivity contribution in [1.29, 1.82) is 0 Å². The minimum Gasteiger partial charge on any atom is -0.308 e. The van der Waals surface area contributed by atoms with Gasteiger partial charge in [-0.3, -0.25) is 19.6 Å². The zero-order chi connectivity index (χ0) is 15.5. The second-order valence-electron chi connectivity index (χ2n) is 5.04. The SMILES string of the molecule is Cc1cc(C)n(CC(=O)Nc2cc(-c3ccncc3)[nH]n2)n1. The van der Waals surface area contributed by atoms with Gasteiger partial charge in [0.25, 0.3) is 0 Å². The van der Waals surface area contributed by atoms with E-state index in [-0.39, 0.29) is 12.5 Å². The molecule has 1 amide bonds. The van der Waals surface area contributed by atoms with E-state index in [9.17, 15) is 4.79 Å². The van der Waals surface area contributed by atoms with E-state index in [0.29, 0.717) is 5.82 Å². The lowest BCUT2D eigenvalue weighted by Gasteiger charge is -2.04. The molecule has 0 saturated heterocycles. The summed E-state index contributed by atoms with van der Waals surface area (Å²) in [6.07, 6.45) is 3.41. The van der Waals surface area contributed by atoms with Crippen LogP contribution in [0.4, 0.5) is 5.82 Å². The smallest absolute Gasteiger partial charge is 0.247 e. The first-order chi connectivity index (χ1) is 10.6. The number of hydrogen-bond donors (Lipinski definition) is 2. The standard InChI is InChI=1S/C15H16N6O/c1-10-7-11(2)21(20-10)9-15(22)17-14-8-13(18-19-14)12-3-5-16-6-4-12/h3-8H,9H2,1-2H3,(H2,17,18,19,22). The highest BCUT2D eigenvalue weighted by atomic mass is 16.2. The van der Waals surface area contributed by atoms with Crippen LogP contribution in [-0.4, -0.2) is 30.9 Å². The Balaban J connectivity index is 1.67. The molecule has 0 fully saturated rings. The van der Waals surface area contributed by atoms with Crippen molar-refractivity contribution in [2.75, 3.05) is 5.32 Å². The van der Waals surface area contributed by atoms with Crippen LogP contribution in [0.1, 0.15) is 11.4 Å². The predicted octanol–water partition coefficient (Wildman–Crippen LogP) is 1.92. The van der Waals surface area contributed by atoms with E-state index >= 15 is 0 Å². The van der Waals surface area contributed by atoms with Crippen LogP contribution in [-0.2, 0) is 11.3 Å². The van der Waals surface area contributed by atoms with Crippen LogP contribution >= 0.6 is 0 Å². The monoisotopic (exact) mass is 296 g/mol. The van der Waals surface area contributed by atoms with Crippen LogP contribution in [0.5, 0.6) is 0 Å². The molecule has 3 rings (SSSR count). The number of H-pyrrole nitrogens is 1. The van der Waals surface area contributed by atoms with Gasteiger partial charge in [-0.2, -0.15) is 10.2 Å². The van der Waals surface area contributed by atoms with Gasteiger partial charge in [0, 0.05) is 29.7 Å². The Bertz CT molecular complexity index is 789. The molecule has 0 radical (unpaired) electrons. The highest BCUT2D eigenvalue weighted by Gasteiger charge is 2.10. The third-order valence-electron chi connectivity index (χ3n) is 3.23. The van der Waals surface area contributed by atoms with Gasteiger partial charge in [0.05, 0.1) is 11.4 Å². The number of nitrogens with one attached hydrogen (secondary N) is 2. The molecule has 0 aliphatic rings. The summed E-state index contributed by atoms with van der Waals surface area (Å²) in [7, 11) is 0. The van der Waals surface area contributed by atoms with E-state index in [0.717, 1.165) is 22.6 Å². The van der Waals surface area contributed by atoms with Crippen LogP contribution in [0.3, 0.4) is 0 Å². The molecule has 2 N–H and O–H groups in total. The molecule has 3 aromatic heterocycles. The van der Waals surface area contributed by atoms with Crippen LogP contribution in [0.25, 0.3) is 11.3 Å². The lowest BCUT2D eigenvalue weighted by atomic mass is 10.2. The topological polar surface area (TPSA) is 88.5 Å². The maximum Gasteiger partial charge on any atom is 0.247 e. The fourth-order valence-corrected chi connectivity index (χ4v) is 2.22. The molecule has 0 aliphatic heterocycles. The van der Waals surface area contributed by atoms with E-state index in [4.69, 9.17) is 0 Å². The maximum absolute atomic E-state index is 12.1. The van der Waals surface area contributed by atoms with Gasteiger partial charge in [-0.05, 0) is 32.0 Å². The second-order valence-corrected chi connectivity index (χ2v) is 5.04. The Morgan fingerprint density at radius 3 is 2.73 bits per heavy atom. The van der Waals surface area contributed by atoms with Crippen molar-refractivity contribution < 1.29 is 4.79 Å². The summed E-state index contributed by atoms with van der Waals surface area (Å²) < 4.78 is 1.67. The average Bonchev–Trinajstić information content (AvgIpc) is 3.07. The number of rotatable bonds is 4. The molecule has 0 aromatic carbocycles. The largest absolute Gasteiger partial charge is 0.308 e. The molecule has 0 atom stereocenters. The summed E-state index contributed by atoms with van der Waals surface area (Å²) in [6.45, 7) is 3.98. The normalized spacial score (nSPS) is 10.6. The zero-order valence-corrected chi connectivity index (χ0v) is 12.4. The van der Waals surface area contributed by atoms with Crippen LogP contribution in [0.15, 0.2) is 36.7 Å². The van der Waals surface area contributed by atoms with E-state index in [1.807, 2.05) is 32.0 Å². The maximum atomic E-state index is 12.1. The van der Waals surface area contributed by atoms with Crippen molar-refractivity contribution in [2.45, 2.75) is 20.4 Å². The Morgan fingerprint density at radius 1 is 1.27 bits per heavy atom. The highest BCUT2D eigenvalue weighted by molar-refractivity contribution is 5.90. The number of anilines is 1. The third kappa shape index (κ3) is 3.03. The van der Waals surface area contributed by atoms with Crippen molar-refractivity contribution in [3.8, 4) is 11.3 Å². The van der Waals surface area contributed by atoms with Crippen molar-refractivity contribution in [1.82, 2.24) is 25.0 Å². The molecule has 0 saturated carbocycles. The quantitative estimate of drug-likeness (QED) is 0.770. The van der Waals surface area contributed by atoms with Gasteiger partial charge in [0.2, 0.25) is 5.91 Å². The highest BCUT2D eigenvalue weighted by Crippen LogP contribution is 2.18. The van der Waals surface area contributed by atoms with E-state index in [1.165, 1.54) is 0 Å². The molecule has 0 aliphatic carbocycles. The summed E-state index contributed by atoms with van der Waals surface area (Å²) in [5, 5.41) is 14.0. The number of aryl methyl sites for hydroxylation is 2. The number of nitrogens with zero attached hydrogens (tertiary/aromatic N) is 4. The molecule has 3 aromatic rings. The van der Waals surface area contributed by atoms with Crippen LogP contribution in [0.2, 0.25) is 0 Å². The third-order valence-corrected chi connectivity index (χ3v) is 3.23. The number of carbonyl (C=O) groups excluding carboxylic acids is 1. The number of aromatic nitrogens is 5. The molecule has 3 heterocycles. The van der Waals surface area contributed by atoms with Gasteiger partial charge < -0.3 is 5.32 Å². The lowest BCUT2D eigenvalue weighted by Crippen LogP contribution is -2.20. The summed E-state index contributed by atoms with van der Waals surface area (Å²) in [4.78, 5) is 16.0. The van der Waals surface area contributed by atoms with E-state index < -0.39 is 0 Å². The molecule has 7 heteroatoms. The molecule has 22 heavy (non-hydrogen) atoms. The molecule has 0 spiro atoms. The van der Waals surface area contributed by atoms with Gasteiger partial charge in [-0.25, -0.2) is 0 Å². The Kier molecular flexibility index (Phi) is 3.69. The van der Waals surface area contributed by atoms with Crippen molar-refractivity contribution >= 4 is 11.7 Å². The van der Waals surface area contributed by atoms with Crippen molar-refractivity contribution in [2.24, 2.45) is 0 Å². The number of amides is 1. The van der Waals surface area contributed by atoms with E-state index in [2.05, 4.69) is 25.6 Å². The molecule has 0 bridgehead atoms. The van der Waals surface area contributed by atoms with Crippen molar-refractivity contribution in [3.63, 3.8) is 0 Å². The van der Waals surface area contributed by atoms with Gasteiger partial charge in [-0.15, -0.1) is 0 Å². The summed E-state index contributed by atoms with van der Waals surface area (Å²) in [5.74, 6) is 0.317. The van der Waals surface area contributed by atoms with Crippen LogP contribution in [0, 0.1) is 13.8 Å². The van der Waals surface area contributed by atoms with Gasteiger partial charge >= 0.3 is 0 Å². The Morgan fingerprint density at radius 2 is 2.05 bits per heavy atom. The van der Waals surface area contributed by atoms with Gasteiger partial charge in [0.1, 0.15) is 6.54 Å². The summed E-state index contributed by atoms with van der Waals surface area (Å²) in [5.41, 5.74) is 3.63. The average molecular weight is 296 g/mol. The fraction of sp³-hybridized carbons (Fsp3) is 0.200. The van der Waals surface area contributed by atoms with Crippen LogP contribution < -0.4 is 5.32 Å². The zero-order valence-electron chi connectivity index (χ0n) is 12.4. The Labute approximate surface area is 127 Å². The second kappa shape index (κ2) is 5.80. The predicted molar refractivity (Wildman–Crippen MR) is 82.1 cm³/mol. The number of carbonyl (C=O) groups is 1. The molecular weight excluding hydrogens is 280 g/mol. The lowest BCUT2D eigenvalue weighted by molar-refractivity contribution is -0.117. The number of aromatic amines is 1. The molecule has 112 valence electrons. The number of hydrogen-bond acceptors (Lipinski definition) is 4. The fourth-order valence-electron chi connectivity index (χ4n) is 2.22. The van der Waals surface area contributed by atoms with Crippen molar-refractivity contribution in [3.05, 3.63) is 48.0 Å². The first-order valence-electron chi connectivity index (χ1n) is 6.88. The first-order valence-corrected chi connectivity index (χ1v) is 6.88. The minimum atomic E-state index is -0.168. The molecule has 7 nitrogen and oxygen atoms in total. The first kappa shape index (κ1) is 14.0. The summed E-state index contributed by atoms with van der Waals surface area (Å²) in [6, 6.07) is 7.46. The Hall–Kier alpha value is -2.96. The molecular formula is C15H16N6O. The minimum absolute atomic E-state index is 0.164. The summed E-state index contributed by atoms with van der Waals surface area (Å²) >= 11 is 0. The van der Waals surface area contributed by atoms with Gasteiger partial charge in [-0.1, -0.05) is 0 Å². The molecule has 0 unspecified atom stereocenters.